The molecule has 110 valence electrons. The second-order valence-electron chi connectivity index (χ2n) is 5.12. The number of rotatable bonds is 2. The zero-order valence-corrected chi connectivity index (χ0v) is 11.7. The third-order valence-corrected chi connectivity index (χ3v) is 3.76. The first kappa shape index (κ1) is 13.6. The monoisotopic (exact) mass is 288 g/mol. The third kappa shape index (κ3) is 2.38. The Balaban J connectivity index is 1.93. The molecule has 2 heterocycles. The van der Waals surface area contributed by atoms with Crippen LogP contribution in [0.2, 0.25) is 0 Å². The van der Waals surface area contributed by atoms with Gasteiger partial charge in [0, 0.05) is 25.2 Å². The van der Waals surface area contributed by atoms with Gasteiger partial charge in [-0.05, 0) is 12.1 Å². The molecule has 1 N–H and O–H groups in total. The van der Waals surface area contributed by atoms with Crippen LogP contribution in [0.1, 0.15) is 10.4 Å². The van der Waals surface area contributed by atoms with Gasteiger partial charge in [0.15, 0.2) is 6.10 Å². The molecule has 6 nitrogen and oxygen atoms in total. The normalized spacial score (nSPS) is 18.9. The van der Waals surface area contributed by atoms with Crippen LogP contribution in [0, 0.1) is 0 Å². The number of para-hydroxylation sites is 1. The van der Waals surface area contributed by atoms with Gasteiger partial charge in [0.2, 0.25) is 0 Å². The van der Waals surface area contributed by atoms with E-state index in [9.17, 15) is 9.59 Å². The van der Waals surface area contributed by atoms with Gasteiger partial charge in [-0.3, -0.25) is 4.79 Å². The van der Waals surface area contributed by atoms with E-state index in [0.29, 0.717) is 12.1 Å². The van der Waals surface area contributed by atoms with Crippen molar-refractivity contribution in [1.29, 1.82) is 0 Å². The first-order valence-corrected chi connectivity index (χ1v) is 6.75. The van der Waals surface area contributed by atoms with Gasteiger partial charge in [-0.1, -0.05) is 12.1 Å². The first-order valence-electron chi connectivity index (χ1n) is 6.75. The molecule has 0 aliphatic carbocycles. The molecule has 0 spiro atoms. The zero-order valence-electron chi connectivity index (χ0n) is 11.7. The Kier molecular flexibility index (Phi) is 3.39. The van der Waals surface area contributed by atoms with Gasteiger partial charge < -0.3 is 19.3 Å². The number of aliphatic carboxylic acids is 1. The third-order valence-electron chi connectivity index (χ3n) is 3.76. The summed E-state index contributed by atoms with van der Waals surface area (Å²) in [6.07, 6.45) is 0.955. The Morgan fingerprint density at radius 2 is 2.14 bits per heavy atom. The zero-order chi connectivity index (χ0) is 15.0. The second-order valence-corrected chi connectivity index (χ2v) is 5.12. The number of hydrogen-bond donors (Lipinski definition) is 1. The van der Waals surface area contributed by atoms with Crippen molar-refractivity contribution in [2.24, 2.45) is 7.05 Å². The van der Waals surface area contributed by atoms with Crippen molar-refractivity contribution in [3.8, 4) is 0 Å². The lowest BCUT2D eigenvalue weighted by molar-refractivity contribution is -0.154. The summed E-state index contributed by atoms with van der Waals surface area (Å²) in [5, 5.41) is 10.0. The summed E-state index contributed by atoms with van der Waals surface area (Å²) in [5.41, 5.74) is 1.45. The molecule has 6 heteroatoms. The molecule has 1 aliphatic rings. The second kappa shape index (κ2) is 5.21. The van der Waals surface area contributed by atoms with Crippen LogP contribution in [0.25, 0.3) is 10.9 Å². The summed E-state index contributed by atoms with van der Waals surface area (Å²) in [5.74, 6) is -1.19. The average molecular weight is 288 g/mol. The number of aryl methyl sites for hydroxylation is 1. The number of ether oxygens (including phenoxy) is 1. The van der Waals surface area contributed by atoms with E-state index in [2.05, 4.69) is 0 Å². The average Bonchev–Trinajstić information content (AvgIpc) is 2.88. The van der Waals surface area contributed by atoms with Crippen LogP contribution in [0.5, 0.6) is 0 Å². The Bertz CT molecular complexity index is 707. The minimum absolute atomic E-state index is 0.0784. The Hall–Kier alpha value is -2.34. The van der Waals surface area contributed by atoms with E-state index in [0.717, 1.165) is 10.9 Å². The summed E-state index contributed by atoms with van der Waals surface area (Å²) >= 11 is 0. The number of hydrogen-bond acceptors (Lipinski definition) is 3. The number of fused-ring (bicyclic) bond motifs is 1. The topological polar surface area (TPSA) is 71.8 Å². The minimum Gasteiger partial charge on any atom is -0.479 e. The van der Waals surface area contributed by atoms with Gasteiger partial charge in [-0.15, -0.1) is 0 Å². The number of carbonyl (C=O) groups is 2. The van der Waals surface area contributed by atoms with Crippen LogP contribution < -0.4 is 0 Å². The summed E-state index contributed by atoms with van der Waals surface area (Å²) in [7, 11) is 1.89. The Morgan fingerprint density at radius 1 is 1.33 bits per heavy atom. The lowest BCUT2D eigenvalue weighted by atomic mass is 10.1. The van der Waals surface area contributed by atoms with Crippen LogP contribution in [0.3, 0.4) is 0 Å². The van der Waals surface area contributed by atoms with Crippen molar-refractivity contribution < 1.29 is 19.4 Å². The van der Waals surface area contributed by atoms with E-state index in [-0.39, 0.29) is 19.1 Å². The highest BCUT2D eigenvalue weighted by atomic mass is 16.5. The van der Waals surface area contributed by atoms with Crippen LogP contribution in [0.4, 0.5) is 0 Å². The van der Waals surface area contributed by atoms with Crippen molar-refractivity contribution >= 4 is 22.8 Å². The maximum absolute atomic E-state index is 12.7. The summed E-state index contributed by atoms with van der Waals surface area (Å²) in [6.45, 7) is 0.726. The van der Waals surface area contributed by atoms with Gasteiger partial charge in [0.05, 0.1) is 24.2 Å². The molecule has 3 rings (SSSR count). The maximum atomic E-state index is 12.7. The molecule has 1 aromatic heterocycles. The summed E-state index contributed by atoms with van der Waals surface area (Å²) in [6, 6.07) is 7.51. The molecule has 1 atom stereocenters. The van der Waals surface area contributed by atoms with E-state index in [1.54, 1.807) is 11.0 Å². The number of carboxylic acid groups (broad SMARTS) is 1. The molecule has 1 aromatic carbocycles. The molecule has 1 saturated heterocycles. The number of morpholine rings is 1. The molecule has 0 radical (unpaired) electrons. The number of carboxylic acids is 1. The van der Waals surface area contributed by atoms with Crippen LogP contribution in [-0.4, -0.2) is 52.3 Å². The first-order chi connectivity index (χ1) is 10.1. The number of carbonyl (C=O) groups excluding carboxylic acids is 1. The van der Waals surface area contributed by atoms with E-state index in [1.165, 1.54) is 0 Å². The molecule has 1 aliphatic heterocycles. The quantitative estimate of drug-likeness (QED) is 0.898. The maximum Gasteiger partial charge on any atom is 0.334 e. The van der Waals surface area contributed by atoms with Crippen molar-refractivity contribution in [1.82, 2.24) is 9.47 Å². The highest BCUT2D eigenvalue weighted by molar-refractivity contribution is 6.06. The molecular weight excluding hydrogens is 272 g/mol. The smallest absolute Gasteiger partial charge is 0.334 e. The number of nitrogens with zero attached hydrogens (tertiary/aromatic N) is 2. The van der Waals surface area contributed by atoms with Crippen molar-refractivity contribution in [3.63, 3.8) is 0 Å². The van der Waals surface area contributed by atoms with Crippen LogP contribution in [-0.2, 0) is 16.6 Å². The summed E-state index contributed by atoms with van der Waals surface area (Å²) in [4.78, 5) is 25.3. The van der Waals surface area contributed by atoms with E-state index >= 15 is 0 Å². The van der Waals surface area contributed by atoms with Crippen molar-refractivity contribution in [3.05, 3.63) is 36.0 Å². The molecule has 21 heavy (non-hydrogen) atoms. The number of amides is 1. The predicted molar refractivity (Wildman–Crippen MR) is 76.2 cm³/mol. The standard InChI is InChI=1S/C15H16N2O4/c1-16-6-5-10-3-2-4-11(13(10)16)14(18)17-7-8-21-12(9-17)15(19)20/h2-6,12H,7-9H2,1H3,(H,19,20). The van der Waals surface area contributed by atoms with E-state index < -0.39 is 12.1 Å². The molecule has 2 aromatic rings. The van der Waals surface area contributed by atoms with Gasteiger partial charge in [-0.25, -0.2) is 4.79 Å². The van der Waals surface area contributed by atoms with Crippen molar-refractivity contribution in [2.75, 3.05) is 19.7 Å². The number of aromatic nitrogens is 1. The fourth-order valence-electron chi connectivity index (χ4n) is 2.68. The van der Waals surface area contributed by atoms with Crippen LogP contribution >= 0.6 is 0 Å². The molecular formula is C15H16N2O4. The van der Waals surface area contributed by atoms with Gasteiger partial charge in [0.1, 0.15) is 0 Å². The molecule has 0 bridgehead atoms. The molecule has 0 saturated carbocycles. The van der Waals surface area contributed by atoms with Gasteiger partial charge in [-0.2, -0.15) is 0 Å². The van der Waals surface area contributed by atoms with Crippen molar-refractivity contribution in [2.45, 2.75) is 6.10 Å². The van der Waals surface area contributed by atoms with E-state index in [4.69, 9.17) is 9.84 Å². The van der Waals surface area contributed by atoms with Gasteiger partial charge in [0.25, 0.3) is 5.91 Å². The molecule has 1 unspecified atom stereocenters. The van der Waals surface area contributed by atoms with Gasteiger partial charge >= 0.3 is 5.97 Å². The Labute approximate surface area is 121 Å². The highest BCUT2D eigenvalue weighted by Gasteiger charge is 2.30. The molecule has 1 fully saturated rings. The number of benzene rings is 1. The fraction of sp³-hybridized carbons (Fsp3) is 0.333. The fourth-order valence-corrected chi connectivity index (χ4v) is 2.68. The highest BCUT2D eigenvalue weighted by Crippen LogP contribution is 2.21. The largest absolute Gasteiger partial charge is 0.479 e. The Morgan fingerprint density at radius 3 is 2.90 bits per heavy atom. The molecule has 1 amide bonds. The lowest BCUT2D eigenvalue weighted by Gasteiger charge is -2.31. The van der Waals surface area contributed by atoms with Crippen LogP contribution in [0.15, 0.2) is 30.5 Å². The predicted octanol–water partition coefficient (Wildman–Crippen LogP) is 1.10. The SMILES string of the molecule is Cn1ccc2cccc(C(=O)N3CCOC(C(=O)O)C3)c21. The summed E-state index contributed by atoms with van der Waals surface area (Å²) < 4.78 is 7.05. The van der Waals surface area contributed by atoms with E-state index in [1.807, 2.05) is 36.0 Å². The minimum atomic E-state index is -1.04. The lowest BCUT2D eigenvalue weighted by Crippen LogP contribution is -2.48.